The fourth-order valence-electron chi connectivity index (χ4n) is 2.92. The van der Waals surface area contributed by atoms with Gasteiger partial charge in [-0.2, -0.15) is 0 Å². The fourth-order valence-corrected chi connectivity index (χ4v) is 4.40. The van der Waals surface area contributed by atoms with Gasteiger partial charge in [0.1, 0.15) is 0 Å². The van der Waals surface area contributed by atoms with Crippen LogP contribution in [0.3, 0.4) is 0 Å². The Balaban J connectivity index is 1.97. The van der Waals surface area contributed by atoms with Crippen molar-refractivity contribution >= 4 is 10.0 Å². The molecule has 1 aliphatic heterocycles. The third-order valence-electron chi connectivity index (χ3n) is 4.21. The van der Waals surface area contributed by atoms with Crippen LogP contribution in [-0.2, 0) is 10.0 Å². The maximum absolute atomic E-state index is 12.0. The quantitative estimate of drug-likeness (QED) is 0.544. The number of sulfonamides is 1. The molecule has 4 nitrogen and oxygen atoms in total. The first-order valence-corrected chi connectivity index (χ1v) is 10.5. The SMILES string of the molecule is CCCCCCCCCCNS(=O)(=O)CC1CCCNC1. The summed E-state index contributed by atoms with van der Waals surface area (Å²) in [4.78, 5) is 0. The van der Waals surface area contributed by atoms with E-state index in [-0.39, 0.29) is 11.7 Å². The van der Waals surface area contributed by atoms with Crippen LogP contribution in [0.15, 0.2) is 0 Å². The van der Waals surface area contributed by atoms with Crippen molar-refractivity contribution < 1.29 is 8.42 Å². The van der Waals surface area contributed by atoms with Crippen LogP contribution in [0.5, 0.6) is 0 Å². The van der Waals surface area contributed by atoms with Crippen LogP contribution in [-0.4, -0.2) is 33.8 Å². The molecule has 2 N–H and O–H groups in total. The van der Waals surface area contributed by atoms with Crippen molar-refractivity contribution in [1.29, 1.82) is 0 Å². The zero-order valence-electron chi connectivity index (χ0n) is 13.7. The van der Waals surface area contributed by atoms with Gasteiger partial charge in [-0.1, -0.05) is 51.9 Å². The third kappa shape index (κ3) is 10.3. The summed E-state index contributed by atoms with van der Waals surface area (Å²) >= 11 is 0. The summed E-state index contributed by atoms with van der Waals surface area (Å²) in [6.07, 6.45) is 12.1. The molecule has 0 aliphatic carbocycles. The van der Waals surface area contributed by atoms with E-state index in [1.807, 2.05) is 0 Å². The van der Waals surface area contributed by atoms with Gasteiger partial charge in [0.05, 0.1) is 5.75 Å². The third-order valence-corrected chi connectivity index (χ3v) is 5.76. The topological polar surface area (TPSA) is 58.2 Å². The summed E-state index contributed by atoms with van der Waals surface area (Å²) < 4.78 is 26.7. The predicted molar refractivity (Wildman–Crippen MR) is 90.0 cm³/mol. The van der Waals surface area contributed by atoms with E-state index in [0.29, 0.717) is 6.54 Å². The monoisotopic (exact) mass is 318 g/mol. The van der Waals surface area contributed by atoms with Gasteiger partial charge in [0.15, 0.2) is 0 Å². The lowest BCUT2D eigenvalue weighted by atomic mass is 10.0. The summed E-state index contributed by atoms with van der Waals surface area (Å²) in [5.74, 6) is 0.576. The molecule has 5 heteroatoms. The van der Waals surface area contributed by atoms with Crippen molar-refractivity contribution in [2.24, 2.45) is 5.92 Å². The molecule has 0 amide bonds. The molecular formula is C16H34N2O2S. The molecule has 1 aliphatic rings. The minimum Gasteiger partial charge on any atom is -0.316 e. The Morgan fingerprint density at radius 3 is 2.33 bits per heavy atom. The van der Waals surface area contributed by atoms with Crippen molar-refractivity contribution in [3.05, 3.63) is 0 Å². The molecule has 1 unspecified atom stereocenters. The number of piperidine rings is 1. The van der Waals surface area contributed by atoms with Crippen molar-refractivity contribution in [1.82, 2.24) is 10.0 Å². The van der Waals surface area contributed by atoms with E-state index in [9.17, 15) is 8.42 Å². The normalized spacial score (nSPS) is 19.8. The number of unbranched alkanes of at least 4 members (excludes halogenated alkanes) is 7. The van der Waals surface area contributed by atoms with Crippen LogP contribution in [0.1, 0.15) is 71.1 Å². The van der Waals surface area contributed by atoms with E-state index >= 15 is 0 Å². The molecule has 0 radical (unpaired) electrons. The van der Waals surface area contributed by atoms with Crippen LogP contribution in [0.4, 0.5) is 0 Å². The number of hydrogen-bond acceptors (Lipinski definition) is 3. The van der Waals surface area contributed by atoms with Gasteiger partial charge in [-0.25, -0.2) is 13.1 Å². The zero-order valence-corrected chi connectivity index (χ0v) is 14.5. The Hall–Kier alpha value is -0.130. The molecule has 21 heavy (non-hydrogen) atoms. The Labute approximate surface area is 131 Å². The highest BCUT2D eigenvalue weighted by Gasteiger charge is 2.20. The van der Waals surface area contributed by atoms with E-state index in [4.69, 9.17) is 0 Å². The van der Waals surface area contributed by atoms with Crippen molar-refractivity contribution in [3.63, 3.8) is 0 Å². The molecule has 1 atom stereocenters. The summed E-state index contributed by atoms with van der Waals surface area (Å²) in [5, 5.41) is 3.27. The minimum atomic E-state index is -3.08. The molecule has 1 heterocycles. The molecule has 0 aromatic rings. The van der Waals surface area contributed by atoms with E-state index in [1.165, 1.54) is 38.5 Å². The first-order chi connectivity index (χ1) is 10.1. The molecule has 1 fully saturated rings. The van der Waals surface area contributed by atoms with Crippen molar-refractivity contribution in [3.8, 4) is 0 Å². The highest BCUT2D eigenvalue weighted by molar-refractivity contribution is 7.89. The smallest absolute Gasteiger partial charge is 0.211 e. The van der Waals surface area contributed by atoms with Gasteiger partial charge in [0, 0.05) is 6.54 Å². The largest absolute Gasteiger partial charge is 0.316 e. The van der Waals surface area contributed by atoms with Crippen LogP contribution >= 0.6 is 0 Å². The van der Waals surface area contributed by atoms with Crippen LogP contribution in [0.25, 0.3) is 0 Å². The van der Waals surface area contributed by atoms with Gasteiger partial charge in [0.25, 0.3) is 0 Å². The van der Waals surface area contributed by atoms with Gasteiger partial charge in [-0.05, 0) is 38.3 Å². The summed E-state index contributed by atoms with van der Waals surface area (Å²) in [6, 6.07) is 0. The maximum atomic E-state index is 12.0. The zero-order chi connectivity index (χ0) is 15.4. The molecule has 0 bridgehead atoms. The molecule has 0 aromatic heterocycles. The van der Waals surface area contributed by atoms with Crippen molar-refractivity contribution in [2.75, 3.05) is 25.4 Å². The Morgan fingerprint density at radius 2 is 1.71 bits per heavy atom. The standard InChI is InChI=1S/C16H34N2O2S/c1-2-3-4-5-6-7-8-9-13-18-21(19,20)15-16-11-10-12-17-14-16/h16-18H,2-15H2,1H3. The minimum absolute atomic E-state index is 0.287. The van der Waals surface area contributed by atoms with E-state index in [2.05, 4.69) is 17.0 Å². The lowest BCUT2D eigenvalue weighted by Gasteiger charge is -2.22. The summed E-state index contributed by atoms with van der Waals surface area (Å²) in [5.41, 5.74) is 0. The first kappa shape index (κ1) is 18.9. The van der Waals surface area contributed by atoms with Gasteiger partial charge in [-0.3, -0.25) is 0 Å². The number of nitrogens with one attached hydrogen (secondary N) is 2. The Kier molecular flexibility index (Phi) is 10.3. The van der Waals surface area contributed by atoms with Gasteiger partial charge in [0.2, 0.25) is 10.0 Å². The summed E-state index contributed by atoms with van der Waals surface area (Å²) in [7, 11) is -3.08. The second-order valence-electron chi connectivity index (χ2n) is 6.36. The fraction of sp³-hybridized carbons (Fsp3) is 1.00. The average Bonchev–Trinajstić information content (AvgIpc) is 2.46. The second kappa shape index (κ2) is 11.4. The molecule has 126 valence electrons. The van der Waals surface area contributed by atoms with E-state index < -0.39 is 10.0 Å². The van der Waals surface area contributed by atoms with Crippen LogP contribution in [0, 0.1) is 5.92 Å². The molecule has 0 spiro atoms. The maximum Gasteiger partial charge on any atom is 0.211 e. The molecule has 0 saturated carbocycles. The van der Waals surface area contributed by atoms with E-state index in [0.717, 1.165) is 38.8 Å². The lowest BCUT2D eigenvalue weighted by molar-refractivity contribution is 0.402. The Morgan fingerprint density at radius 1 is 1.05 bits per heavy atom. The highest BCUT2D eigenvalue weighted by Crippen LogP contribution is 2.12. The Bertz CT molecular complexity index is 338. The first-order valence-electron chi connectivity index (χ1n) is 8.82. The highest BCUT2D eigenvalue weighted by atomic mass is 32.2. The van der Waals surface area contributed by atoms with Crippen molar-refractivity contribution in [2.45, 2.75) is 71.1 Å². The molecular weight excluding hydrogens is 284 g/mol. The second-order valence-corrected chi connectivity index (χ2v) is 8.21. The van der Waals surface area contributed by atoms with Crippen LogP contribution < -0.4 is 10.0 Å². The van der Waals surface area contributed by atoms with Gasteiger partial charge in [-0.15, -0.1) is 0 Å². The van der Waals surface area contributed by atoms with Gasteiger partial charge >= 0.3 is 0 Å². The molecule has 1 saturated heterocycles. The number of rotatable bonds is 12. The van der Waals surface area contributed by atoms with E-state index in [1.54, 1.807) is 0 Å². The lowest BCUT2D eigenvalue weighted by Crippen LogP contribution is -2.37. The molecule has 0 aromatic carbocycles. The van der Waals surface area contributed by atoms with Gasteiger partial charge < -0.3 is 5.32 Å². The predicted octanol–water partition coefficient (Wildman–Crippen LogP) is 3.05. The number of hydrogen-bond donors (Lipinski definition) is 2. The van der Waals surface area contributed by atoms with Crippen LogP contribution in [0.2, 0.25) is 0 Å². The molecule has 1 rings (SSSR count). The summed E-state index contributed by atoms with van der Waals surface area (Å²) in [6.45, 7) is 4.72. The average molecular weight is 319 g/mol.